The number of fused-ring (bicyclic) bond motifs is 6. The maximum absolute atomic E-state index is 13.4. The number of aliphatic carboxylic acids is 2. The molecule has 0 spiro atoms. The first kappa shape index (κ1) is 71.0. The van der Waals surface area contributed by atoms with Crippen LogP contribution in [0.25, 0.3) is 0 Å². The Bertz CT molecular complexity index is 3140. The quantitative estimate of drug-likeness (QED) is 0.0815. The topological polar surface area (TPSA) is 320 Å². The molecule has 4 bridgehead atoms. The number of anilines is 2. The molecule has 2 saturated heterocycles. The van der Waals surface area contributed by atoms with Gasteiger partial charge in [0.15, 0.2) is 0 Å². The lowest BCUT2D eigenvalue weighted by atomic mass is 9.34. The van der Waals surface area contributed by atoms with Gasteiger partial charge in [0.1, 0.15) is 6.04 Å². The van der Waals surface area contributed by atoms with Gasteiger partial charge in [-0.15, -0.1) is 10.2 Å². The predicted octanol–water partition coefficient (Wildman–Crippen LogP) is 10.8. The zero-order valence-electron chi connectivity index (χ0n) is 59.3. The fourth-order valence-corrected chi connectivity index (χ4v) is 23.8. The summed E-state index contributed by atoms with van der Waals surface area (Å²) in [6.07, 6.45) is 16.8. The van der Waals surface area contributed by atoms with E-state index in [1.807, 2.05) is 0 Å². The van der Waals surface area contributed by atoms with Crippen LogP contribution < -0.4 is 22.1 Å². The van der Waals surface area contributed by atoms with Crippen molar-refractivity contribution < 1.29 is 48.3 Å². The van der Waals surface area contributed by atoms with E-state index >= 15 is 0 Å². The summed E-state index contributed by atoms with van der Waals surface area (Å²) in [4.78, 5) is 50.3. The highest BCUT2D eigenvalue weighted by atomic mass is 16.5. The summed E-state index contributed by atoms with van der Waals surface area (Å²) in [5.74, 6) is 1.44. The summed E-state index contributed by atoms with van der Waals surface area (Å²) in [7, 11) is 0. The zero-order chi connectivity index (χ0) is 68.0. The van der Waals surface area contributed by atoms with Gasteiger partial charge in [-0.1, -0.05) is 137 Å². The standard InChI is InChI=1S/C35H56N6O5.C33H55NO4.C3H5N5O/c1-20(2)21(3)31(5)13-14-33(7)23-9-10-26-32(6)18-45-19-35(26,24(23)11-12-34(33,8)27(31)29(43)44)17-25(28(32)46-16-15-36)41-39-30(38-40-41)37-22(4)42;1-20(2)22(4)29(5)13-14-31(7)23-9-10-25-30(6)18-37-19-33(25,17-21(3)27(30)38-16-15-34)24(23)11-12-32(31,8)26(29)28(35)36;1-2(9)4-3-5-7-8-6-3/h11,20-21,23,25-28H,9-10,12-19,36H2,1-8H3,(H,43,44)(H,37,39,42);11,20-23,25-27H,9-10,12-19,34H2,1-8H3,(H,35,36);1H3,(H2,4,5,6,7,8,9)/t21-,23+,25-,26+,27?,28+,31-,32+,33-,34+,35+;21-,22-,23+,25+,26-,27+,29-,30+,31-,32+,33+;/m11./s1. The molecule has 8 fully saturated rings. The van der Waals surface area contributed by atoms with Gasteiger partial charge in [0.2, 0.25) is 11.8 Å². The van der Waals surface area contributed by atoms with E-state index in [0.29, 0.717) is 86.9 Å². The van der Waals surface area contributed by atoms with Crippen LogP contribution in [0.5, 0.6) is 0 Å². The van der Waals surface area contributed by atoms with E-state index in [1.165, 1.54) is 25.8 Å². The number of allylic oxidation sites excluding steroid dienone is 2. The lowest BCUT2D eigenvalue weighted by molar-refractivity contribution is -0.250. The number of ether oxygens (including phenoxy) is 4. The predicted molar refractivity (Wildman–Crippen MR) is 354 cm³/mol. The van der Waals surface area contributed by atoms with Gasteiger partial charge in [-0.2, -0.15) is 10.0 Å². The molecular formula is C71H116N12O10. The van der Waals surface area contributed by atoms with Crippen molar-refractivity contribution in [1.82, 2.24) is 40.8 Å². The van der Waals surface area contributed by atoms with Crippen LogP contribution in [-0.2, 0) is 38.1 Å². The second kappa shape index (κ2) is 25.6. The summed E-state index contributed by atoms with van der Waals surface area (Å²) in [6.45, 7) is 42.2. The van der Waals surface area contributed by atoms with Crippen LogP contribution in [0.4, 0.5) is 11.9 Å². The number of carboxylic acid groups (broad SMARTS) is 2. The van der Waals surface area contributed by atoms with Crippen molar-refractivity contribution >= 4 is 35.6 Å². The highest BCUT2D eigenvalue weighted by Gasteiger charge is 2.74. The molecule has 2 aromatic heterocycles. The molecule has 520 valence electrons. The lowest BCUT2D eigenvalue weighted by Gasteiger charge is -2.71. The zero-order valence-corrected chi connectivity index (χ0v) is 59.3. The number of carbonyl (C=O) groups is 4. The van der Waals surface area contributed by atoms with Gasteiger partial charge in [0, 0.05) is 48.6 Å². The Morgan fingerprint density at radius 3 is 1.52 bits per heavy atom. The largest absolute Gasteiger partial charge is 0.481 e. The number of carbonyl (C=O) groups excluding carboxylic acids is 2. The van der Waals surface area contributed by atoms with E-state index in [0.717, 1.165) is 83.8 Å². The van der Waals surface area contributed by atoms with Gasteiger partial charge in [0.25, 0.3) is 11.9 Å². The van der Waals surface area contributed by atoms with E-state index < -0.39 is 17.9 Å². The first-order valence-corrected chi connectivity index (χ1v) is 35.3. The summed E-state index contributed by atoms with van der Waals surface area (Å²) in [6, 6.07) is -0.235. The first-order valence-electron chi connectivity index (χ1n) is 35.3. The van der Waals surface area contributed by atoms with Crippen molar-refractivity contribution in [3.63, 3.8) is 0 Å². The number of rotatable bonds is 15. The molecule has 10 aliphatic rings. The van der Waals surface area contributed by atoms with Gasteiger partial charge in [-0.05, 0) is 173 Å². The molecule has 6 saturated carbocycles. The second-order valence-corrected chi connectivity index (χ2v) is 33.8. The summed E-state index contributed by atoms with van der Waals surface area (Å²) in [5.41, 5.74) is 13.0. The number of amides is 2. The van der Waals surface area contributed by atoms with Gasteiger partial charge in [-0.3, -0.25) is 29.8 Å². The number of hydrogen-bond acceptors (Lipinski definition) is 16. The van der Waals surface area contributed by atoms with Crippen LogP contribution in [0.1, 0.15) is 201 Å². The summed E-state index contributed by atoms with van der Waals surface area (Å²) < 4.78 is 26.1. The van der Waals surface area contributed by atoms with Crippen LogP contribution in [0.3, 0.4) is 0 Å². The Kier molecular flexibility index (Phi) is 19.6. The first-order chi connectivity index (χ1) is 43.6. The fraction of sp³-hybridized carbons (Fsp3) is 0.859. The van der Waals surface area contributed by atoms with Gasteiger partial charge in [0.05, 0.1) is 63.7 Å². The molecule has 1 unspecified atom stereocenters. The molecular weight excluding hydrogens is 1180 g/mol. The van der Waals surface area contributed by atoms with Gasteiger partial charge in [-0.25, -0.2) is 0 Å². The number of tetrazole rings is 2. The SMILES string of the molecule is CC(=O)Nc1nn[nH]n1.CC(=O)Nc1nnn([C@@H]2C[C@@]34COC[C@@](C)([C@@H]3CC[C@H]3C4=CC[C@@]4(C)C(C(=O)O)[C@@](C)([C@H](C)C(C)C)CC[C@]34C)[C@H]2OCCN)n1.CC(C)[C@@H](C)[C@@]1(C)CC[C@]2(C)[C@H]3CC[C@@H]4[C@@]5(COC[C@]4(C)[C@@H](OCCN)[C@H](C)C5)C3=CC[C@@]2(C)[C@@H]1C(=O)O. The van der Waals surface area contributed by atoms with E-state index in [2.05, 4.69) is 163 Å². The monoisotopic (exact) mass is 1300 g/mol. The Labute approximate surface area is 552 Å². The number of nitrogens with zero attached hydrogens (tertiary/aromatic N) is 7. The minimum absolute atomic E-state index is 0.0139. The number of aromatic amines is 1. The van der Waals surface area contributed by atoms with Crippen molar-refractivity contribution in [2.24, 2.45) is 131 Å². The lowest BCUT2D eigenvalue weighted by Crippen LogP contribution is -2.69. The molecule has 12 rings (SSSR count). The average molecular weight is 1300 g/mol. The molecule has 4 heterocycles. The molecule has 93 heavy (non-hydrogen) atoms. The van der Waals surface area contributed by atoms with E-state index in [-0.39, 0.29) is 108 Å². The van der Waals surface area contributed by atoms with Gasteiger partial charge < -0.3 is 40.6 Å². The third-order valence-corrected chi connectivity index (χ3v) is 28.9. The van der Waals surface area contributed by atoms with E-state index in [9.17, 15) is 29.4 Å². The number of hydrogen-bond donors (Lipinski definition) is 7. The number of carboxylic acids is 2. The average Bonchev–Trinajstić information content (AvgIpc) is 0.842. The molecule has 8 aliphatic carbocycles. The van der Waals surface area contributed by atoms with E-state index in [4.69, 9.17) is 30.4 Å². The van der Waals surface area contributed by atoms with E-state index in [1.54, 1.807) is 10.4 Å². The molecule has 22 nitrogen and oxygen atoms in total. The third kappa shape index (κ3) is 11.1. The molecule has 9 N–H and O–H groups in total. The number of nitrogens with two attached hydrogens (primary N) is 2. The number of H-pyrrole nitrogens is 1. The van der Waals surface area contributed by atoms with Crippen LogP contribution in [0, 0.1) is 119 Å². The molecule has 0 aromatic carbocycles. The third-order valence-electron chi connectivity index (χ3n) is 28.9. The number of nitrogens with one attached hydrogen (secondary N) is 3. The van der Waals surface area contributed by atoms with Crippen LogP contribution in [0.15, 0.2) is 23.3 Å². The minimum Gasteiger partial charge on any atom is -0.481 e. The summed E-state index contributed by atoms with van der Waals surface area (Å²) in [5, 5.41) is 52.4. The molecule has 2 aliphatic heterocycles. The van der Waals surface area contributed by atoms with Crippen LogP contribution in [-0.4, -0.2) is 140 Å². The van der Waals surface area contributed by atoms with Crippen molar-refractivity contribution in [3.8, 4) is 0 Å². The Morgan fingerprint density at radius 2 is 1.09 bits per heavy atom. The Balaban J connectivity index is 0.000000181. The summed E-state index contributed by atoms with van der Waals surface area (Å²) >= 11 is 0. The maximum atomic E-state index is 13.4. The van der Waals surface area contributed by atoms with Gasteiger partial charge >= 0.3 is 11.9 Å². The fourth-order valence-electron chi connectivity index (χ4n) is 23.8. The molecule has 0 radical (unpaired) electrons. The van der Waals surface area contributed by atoms with Crippen LogP contribution in [0.2, 0.25) is 0 Å². The van der Waals surface area contributed by atoms with Crippen LogP contribution >= 0.6 is 0 Å². The smallest absolute Gasteiger partial charge is 0.307 e. The highest BCUT2D eigenvalue weighted by molar-refractivity contribution is 5.86. The molecule has 2 aromatic rings. The van der Waals surface area contributed by atoms with Crippen molar-refractivity contribution in [2.75, 3.05) is 63.4 Å². The van der Waals surface area contributed by atoms with Crippen molar-refractivity contribution in [1.29, 1.82) is 0 Å². The number of aromatic nitrogens is 8. The Hall–Kier alpha value is -4.74. The Morgan fingerprint density at radius 1 is 0.634 bits per heavy atom. The minimum atomic E-state index is -0.648. The molecule has 22 heteroatoms. The van der Waals surface area contributed by atoms with Crippen molar-refractivity contribution in [3.05, 3.63) is 23.3 Å². The van der Waals surface area contributed by atoms with Crippen molar-refractivity contribution in [2.45, 2.75) is 213 Å². The normalized spacial score (nSPS) is 43.4. The molecule has 2 amide bonds. The molecule has 22 atom stereocenters. The highest BCUT2D eigenvalue weighted by Crippen LogP contribution is 2.78. The second-order valence-electron chi connectivity index (χ2n) is 33.8. The maximum Gasteiger partial charge on any atom is 0.307 e.